The van der Waals surface area contributed by atoms with E-state index in [1.807, 2.05) is 13.8 Å². The summed E-state index contributed by atoms with van der Waals surface area (Å²) in [5.41, 5.74) is -0.389. The molecule has 0 saturated carbocycles. The Hall–Kier alpha value is -2.24. The summed E-state index contributed by atoms with van der Waals surface area (Å²) in [6.07, 6.45) is 3.80. The second kappa shape index (κ2) is 5.69. The van der Waals surface area contributed by atoms with Gasteiger partial charge in [-0.3, -0.25) is 4.79 Å². The van der Waals surface area contributed by atoms with Crippen LogP contribution in [0.1, 0.15) is 46.5 Å². The molecule has 3 aliphatic rings. The van der Waals surface area contributed by atoms with E-state index in [0.29, 0.717) is 18.4 Å². The number of cyclic esters (lactones) is 4. The van der Waals surface area contributed by atoms with E-state index >= 15 is 0 Å². The number of ether oxygens (including phenoxy) is 2. The average molecular weight is 332 g/mol. The van der Waals surface area contributed by atoms with Crippen molar-refractivity contribution < 1.29 is 28.7 Å². The lowest BCUT2D eigenvalue weighted by atomic mass is 9.77. The molecule has 6 nitrogen and oxygen atoms in total. The van der Waals surface area contributed by atoms with E-state index in [1.54, 1.807) is 13.0 Å². The maximum Gasteiger partial charge on any atom is 0.342 e. The standard InChI is InChI=1S/C18H20O6/c1-4-9-6-10(5-2)13-11(14(19)23-16(13)21)8-18(3)12(7-9)15(20)24-17(18)22/h7,9-10H,4-6,8H2,1-3H3/b12-7-/t9-,10-,18-/m1/s1. The van der Waals surface area contributed by atoms with Crippen LogP contribution in [0.25, 0.3) is 0 Å². The van der Waals surface area contributed by atoms with E-state index < -0.39 is 29.3 Å². The Bertz CT molecular complexity index is 713. The smallest absolute Gasteiger partial charge is 0.342 e. The minimum absolute atomic E-state index is 0.0121. The zero-order valence-corrected chi connectivity index (χ0v) is 14.0. The van der Waals surface area contributed by atoms with Gasteiger partial charge in [-0.1, -0.05) is 19.9 Å². The molecule has 0 bridgehead atoms. The predicted molar refractivity (Wildman–Crippen MR) is 82.2 cm³/mol. The molecule has 0 unspecified atom stereocenters. The zero-order chi connectivity index (χ0) is 17.6. The Morgan fingerprint density at radius 2 is 1.75 bits per heavy atom. The third kappa shape index (κ3) is 2.32. The zero-order valence-electron chi connectivity index (χ0n) is 14.0. The molecule has 0 aromatic rings. The van der Waals surface area contributed by atoms with Gasteiger partial charge in [-0.2, -0.15) is 0 Å². The molecule has 0 aromatic heterocycles. The molecule has 24 heavy (non-hydrogen) atoms. The molecule has 0 amide bonds. The molecule has 2 heterocycles. The van der Waals surface area contributed by atoms with E-state index in [4.69, 9.17) is 9.47 Å². The van der Waals surface area contributed by atoms with Gasteiger partial charge in [0, 0.05) is 12.0 Å². The molecule has 6 heteroatoms. The molecule has 2 aliphatic heterocycles. The van der Waals surface area contributed by atoms with Crippen molar-refractivity contribution in [1.29, 1.82) is 0 Å². The number of allylic oxidation sites excluding steroid dienone is 1. The molecular formula is C18H20O6. The Kier molecular flexibility index (Phi) is 3.94. The van der Waals surface area contributed by atoms with E-state index in [1.165, 1.54) is 0 Å². The van der Waals surface area contributed by atoms with Gasteiger partial charge in [-0.15, -0.1) is 0 Å². The summed E-state index contributed by atoms with van der Waals surface area (Å²) >= 11 is 0. The third-order valence-corrected chi connectivity index (χ3v) is 5.37. The molecule has 1 saturated heterocycles. The van der Waals surface area contributed by atoms with Crippen LogP contribution in [-0.2, 0) is 28.7 Å². The lowest BCUT2D eigenvalue weighted by molar-refractivity contribution is -0.154. The molecule has 0 spiro atoms. The van der Waals surface area contributed by atoms with Gasteiger partial charge in [0.1, 0.15) is 5.41 Å². The third-order valence-electron chi connectivity index (χ3n) is 5.37. The first kappa shape index (κ1) is 16.6. The van der Waals surface area contributed by atoms with Gasteiger partial charge < -0.3 is 9.47 Å². The second-order valence-corrected chi connectivity index (χ2v) is 6.84. The number of hydrogen-bond donors (Lipinski definition) is 0. The van der Waals surface area contributed by atoms with Crippen molar-refractivity contribution in [2.24, 2.45) is 17.3 Å². The Labute approximate surface area is 139 Å². The minimum Gasteiger partial charge on any atom is -0.389 e. The van der Waals surface area contributed by atoms with Gasteiger partial charge in [-0.25, -0.2) is 14.4 Å². The van der Waals surface area contributed by atoms with Crippen molar-refractivity contribution in [2.45, 2.75) is 46.5 Å². The second-order valence-electron chi connectivity index (χ2n) is 6.84. The van der Waals surface area contributed by atoms with Gasteiger partial charge >= 0.3 is 23.9 Å². The first-order chi connectivity index (χ1) is 11.3. The van der Waals surface area contributed by atoms with E-state index in [2.05, 4.69) is 0 Å². The molecule has 1 aliphatic carbocycles. The summed E-state index contributed by atoms with van der Waals surface area (Å²) in [7, 11) is 0. The van der Waals surface area contributed by atoms with E-state index in [9.17, 15) is 19.2 Å². The molecule has 0 N–H and O–H groups in total. The molecule has 1 fully saturated rings. The van der Waals surface area contributed by atoms with Gasteiger partial charge in [0.25, 0.3) is 0 Å². The quantitative estimate of drug-likeness (QED) is 0.569. The van der Waals surface area contributed by atoms with Crippen molar-refractivity contribution in [3.8, 4) is 0 Å². The maximum absolute atomic E-state index is 12.3. The van der Waals surface area contributed by atoms with E-state index in [0.717, 1.165) is 6.42 Å². The Morgan fingerprint density at radius 3 is 2.38 bits per heavy atom. The van der Waals surface area contributed by atoms with Gasteiger partial charge in [0.05, 0.1) is 11.1 Å². The van der Waals surface area contributed by atoms with Crippen LogP contribution in [0.4, 0.5) is 0 Å². The lowest BCUT2D eigenvalue weighted by Gasteiger charge is -2.20. The average Bonchev–Trinajstić information content (AvgIpc) is 2.93. The highest BCUT2D eigenvalue weighted by molar-refractivity contribution is 6.15. The number of esters is 4. The van der Waals surface area contributed by atoms with Crippen LogP contribution in [0, 0.1) is 17.3 Å². The van der Waals surface area contributed by atoms with Crippen molar-refractivity contribution in [3.63, 3.8) is 0 Å². The topological polar surface area (TPSA) is 86.7 Å². The van der Waals surface area contributed by atoms with Crippen molar-refractivity contribution in [2.75, 3.05) is 0 Å². The van der Waals surface area contributed by atoms with Crippen molar-refractivity contribution >= 4 is 23.9 Å². The number of carbonyl (C=O) groups excluding carboxylic acids is 4. The largest absolute Gasteiger partial charge is 0.389 e. The normalized spacial score (nSPS) is 35.4. The Balaban J connectivity index is 2.20. The van der Waals surface area contributed by atoms with Crippen LogP contribution in [0.5, 0.6) is 0 Å². The highest BCUT2D eigenvalue weighted by Crippen LogP contribution is 2.47. The first-order valence-electron chi connectivity index (χ1n) is 8.30. The molecule has 3 rings (SSSR count). The van der Waals surface area contributed by atoms with Gasteiger partial charge in [-0.05, 0) is 38.0 Å². The summed E-state index contributed by atoms with van der Waals surface area (Å²) in [5, 5.41) is 0. The fraction of sp³-hybridized carbons (Fsp3) is 0.556. The summed E-state index contributed by atoms with van der Waals surface area (Å²) in [6, 6.07) is 0. The van der Waals surface area contributed by atoms with Crippen LogP contribution < -0.4 is 0 Å². The summed E-state index contributed by atoms with van der Waals surface area (Å²) in [6.45, 7) is 5.52. The highest BCUT2D eigenvalue weighted by Gasteiger charge is 2.54. The lowest BCUT2D eigenvalue weighted by Crippen LogP contribution is -2.26. The number of hydrogen-bond acceptors (Lipinski definition) is 6. The molecular weight excluding hydrogens is 312 g/mol. The van der Waals surface area contributed by atoms with Crippen LogP contribution in [0.3, 0.4) is 0 Å². The summed E-state index contributed by atoms with van der Waals surface area (Å²) in [4.78, 5) is 48.8. The highest BCUT2D eigenvalue weighted by atomic mass is 16.6. The van der Waals surface area contributed by atoms with E-state index in [-0.39, 0.29) is 29.4 Å². The number of fused-ring (bicyclic) bond motifs is 1. The molecule has 128 valence electrons. The van der Waals surface area contributed by atoms with Crippen LogP contribution in [-0.4, -0.2) is 23.9 Å². The fourth-order valence-electron chi connectivity index (χ4n) is 3.82. The van der Waals surface area contributed by atoms with Gasteiger partial charge in [0.15, 0.2) is 0 Å². The predicted octanol–water partition coefficient (Wildman–Crippen LogP) is 2.23. The van der Waals surface area contributed by atoms with Crippen molar-refractivity contribution in [3.05, 3.63) is 22.8 Å². The van der Waals surface area contributed by atoms with Crippen LogP contribution in [0.2, 0.25) is 0 Å². The molecule has 0 radical (unpaired) electrons. The fourth-order valence-corrected chi connectivity index (χ4v) is 3.82. The number of carbonyl (C=O) groups is 4. The minimum atomic E-state index is -1.25. The first-order valence-corrected chi connectivity index (χ1v) is 8.30. The monoisotopic (exact) mass is 332 g/mol. The van der Waals surface area contributed by atoms with Crippen LogP contribution in [0.15, 0.2) is 22.8 Å². The van der Waals surface area contributed by atoms with Crippen molar-refractivity contribution in [1.82, 2.24) is 0 Å². The van der Waals surface area contributed by atoms with Gasteiger partial charge in [0.2, 0.25) is 0 Å². The summed E-state index contributed by atoms with van der Waals surface area (Å²) in [5.74, 6) is -2.79. The molecule has 3 atom stereocenters. The molecule has 0 aromatic carbocycles. The van der Waals surface area contributed by atoms with Crippen LogP contribution >= 0.6 is 0 Å². The maximum atomic E-state index is 12.3. The SMILES string of the molecule is CC[C@H]1/C=C2/C(=O)OC(=O)[C@]2(C)CC2=C(C(=O)OC2=O)[C@H](CC)C1. The summed E-state index contributed by atoms with van der Waals surface area (Å²) < 4.78 is 9.62. The Morgan fingerprint density at radius 1 is 1.04 bits per heavy atom. The number of rotatable bonds is 2.